The van der Waals surface area contributed by atoms with Crippen molar-refractivity contribution in [2.24, 2.45) is 0 Å². The van der Waals surface area contributed by atoms with Gasteiger partial charge in [-0.15, -0.1) is 0 Å². The molecule has 0 radical (unpaired) electrons. The number of alkyl halides is 3. The fraction of sp³-hybridized carbons (Fsp3) is 0.200. The monoisotopic (exact) mass is 423 g/mol. The first-order valence-corrected chi connectivity index (χ1v) is 8.84. The summed E-state index contributed by atoms with van der Waals surface area (Å²) < 4.78 is 62.4. The lowest BCUT2D eigenvalue weighted by Gasteiger charge is -2.13. The van der Waals surface area contributed by atoms with Crippen LogP contribution in [0.1, 0.15) is 21.9 Å². The number of ether oxygens (including phenoxy) is 1. The van der Waals surface area contributed by atoms with Crippen molar-refractivity contribution in [1.29, 1.82) is 0 Å². The van der Waals surface area contributed by atoms with Gasteiger partial charge < -0.3 is 19.8 Å². The number of hydrogen-bond acceptors (Lipinski definition) is 5. The summed E-state index contributed by atoms with van der Waals surface area (Å²) in [6.45, 7) is 0.127. The minimum absolute atomic E-state index is 0.0292. The fourth-order valence-corrected chi connectivity index (χ4v) is 2.48. The molecular formula is C20H17F4N3O3. The molecule has 0 spiro atoms. The van der Waals surface area contributed by atoms with Gasteiger partial charge in [0.15, 0.2) is 5.76 Å². The summed E-state index contributed by atoms with van der Waals surface area (Å²) in [6, 6.07) is 10.6. The summed E-state index contributed by atoms with van der Waals surface area (Å²) in [7, 11) is 0. The molecule has 10 heteroatoms. The van der Waals surface area contributed by atoms with Gasteiger partial charge in [0.05, 0.1) is 5.56 Å². The zero-order chi connectivity index (χ0) is 21.6. The van der Waals surface area contributed by atoms with Gasteiger partial charge in [0.25, 0.3) is 5.91 Å². The molecule has 1 aromatic carbocycles. The topological polar surface area (TPSA) is 76.4 Å². The van der Waals surface area contributed by atoms with Crippen molar-refractivity contribution in [3.63, 3.8) is 0 Å². The lowest BCUT2D eigenvalue weighted by Crippen LogP contribution is -2.29. The van der Waals surface area contributed by atoms with E-state index < -0.39 is 17.6 Å². The molecule has 0 aliphatic carbocycles. The highest BCUT2D eigenvalue weighted by molar-refractivity contribution is 5.91. The zero-order valence-electron chi connectivity index (χ0n) is 15.5. The fourth-order valence-electron chi connectivity index (χ4n) is 2.48. The van der Waals surface area contributed by atoms with Gasteiger partial charge >= 0.3 is 6.18 Å². The van der Waals surface area contributed by atoms with Crippen molar-refractivity contribution in [3.8, 4) is 5.75 Å². The smallest absolute Gasteiger partial charge is 0.419 e. The molecule has 3 rings (SSSR count). The number of aromatic nitrogens is 1. The Balaban J connectivity index is 1.45. The quantitative estimate of drug-likeness (QED) is 0.418. The molecule has 158 valence electrons. The number of amides is 1. The van der Waals surface area contributed by atoms with Crippen LogP contribution in [0.15, 0.2) is 59.1 Å². The van der Waals surface area contributed by atoms with Crippen LogP contribution in [-0.2, 0) is 12.8 Å². The highest BCUT2D eigenvalue weighted by atomic mass is 19.4. The van der Waals surface area contributed by atoms with Crippen molar-refractivity contribution in [3.05, 3.63) is 77.6 Å². The Morgan fingerprint density at radius 3 is 2.57 bits per heavy atom. The first kappa shape index (κ1) is 21.2. The predicted octanol–water partition coefficient (Wildman–Crippen LogP) is 4.25. The molecule has 2 aromatic heterocycles. The van der Waals surface area contributed by atoms with Crippen LogP contribution in [0.5, 0.6) is 5.75 Å². The zero-order valence-corrected chi connectivity index (χ0v) is 15.5. The molecule has 0 aliphatic heterocycles. The number of hydrogen-bond donors (Lipinski definition) is 2. The summed E-state index contributed by atoms with van der Waals surface area (Å²) in [6.07, 6.45) is -3.28. The molecule has 0 bridgehead atoms. The third-order valence-electron chi connectivity index (χ3n) is 3.90. The minimum atomic E-state index is -4.53. The first-order valence-electron chi connectivity index (χ1n) is 8.84. The van der Waals surface area contributed by atoms with Crippen LogP contribution < -0.4 is 15.4 Å². The van der Waals surface area contributed by atoms with Gasteiger partial charge in [-0.2, -0.15) is 13.2 Å². The number of nitrogens with zero attached hydrogens (tertiary/aromatic N) is 1. The summed E-state index contributed by atoms with van der Waals surface area (Å²) in [5, 5.41) is 5.09. The van der Waals surface area contributed by atoms with Crippen LogP contribution in [0, 0.1) is 5.82 Å². The van der Waals surface area contributed by atoms with Crippen LogP contribution in [0.2, 0.25) is 0 Å². The summed E-state index contributed by atoms with van der Waals surface area (Å²) >= 11 is 0. The van der Waals surface area contributed by atoms with E-state index in [9.17, 15) is 22.4 Å². The Morgan fingerprint density at radius 2 is 1.83 bits per heavy atom. The minimum Gasteiger partial charge on any atom is -0.486 e. The Bertz CT molecular complexity index is 987. The average Bonchev–Trinajstić information content (AvgIpc) is 3.19. The van der Waals surface area contributed by atoms with Gasteiger partial charge in [-0.25, -0.2) is 9.37 Å². The van der Waals surface area contributed by atoms with Crippen LogP contribution in [-0.4, -0.2) is 24.0 Å². The number of nitrogens with one attached hydrogen (secondary N) is 2. The largest absolute Gasteiger partial charge is 0.486 e. The SMILES string of the molecule is O=C(NCCNc1ncccc1C(F)(F)F)c1ccc(COc2ccc(F)cc2)o1. The molecule has 6 nitrogen and oxygen atoms in total. The van der Waals surface area contributed by atoms with Gasteiger partial charge in [-0.3, -0.25) is 4.79 Å². The number of furan rings is 1. The van der Waals surface area contributed by atoms with Crippen molar-refractivity contribution in [1.82, 2.24) is 10.3 Å². The maximum absolute atomic E-state index is 12.9. The van der Waals surface area contributed by atoms with Crippen LogP contribution in [0.4, 0.5) is 23.4 Å². The van der Waals surface area contributed by atoms with E-state index in [1.54, 1.807) is 6.07 Å². The molecule has 1 amide bonds. The second kappa shape index (κ2) is 9.29. The van der Waals surface area contributed by atoms with Gasteiger partial charge in [0.1, 0.15) is 29.8 Å². The van der Waals surface area contributed by atoms with Crippen LogP contribution >= 0.6 is 0 Å². The normalized spacial score (nSPS) is 11.2. The first-order chi connectivity index (χ1) is 14.3. The Kier molecular flexibility index (Phi) is 6.55. The molecule has 30 heavy (non-hydrogen) atoms. The van der Waals surface area contributed by atoms with Crippen LogP contribution in [0.3, 0.4) is 0 Å². The number of rotatable bonds is 8. The number of pyridine rings is 1. The molecule has 0 aliphatic rings. The molecule has 3 aromatic rings. The Hall–Kier alpha value is -3.56. The van der Waals surface area contributed by atoms with Gasteiger partial charge in [0.2, 0.25) is 0 Å². The van der Waals surface area contributed by atoms with E-state index in [2.05, 4.69) is 15.6 Å². The second-order valence-corrected chi connectivity index (χ2v) is 6.09. The molecule has 0 unspecified atom stereocenters. The number of halogens is 4. The molecule has 0 fully saturated rings. The van der Waals surface area contributed by atoms with E-state index in [0.717, 1.165) is 6.07 Å². The van der Waals surface area contributed by atoms with Gasteiger partial charge in [-0.05, 0) is 48.5 Å². The van der Waals surface area contributed by atoms with E-state index in [-0.39, 0.29) is 37.1 Å². The standard InChI is InChI=1S/C20H17F4N3O3/c21-13-3-5-14(6-4-13)29-12-15-7-8-17(30-15)19(28)27-11-10-26-18-16(20(22,23)24)2-1-9-25-18/h1-9H,10-12H2,(H,25,26)(H,27,28). The summed E-state index contributed by atoms with van der Waals surface area (Å²) in [4.78, 5) is 15.8. The maximum Gasteiger partial charge on any atom is 0.419 e. The van der Waals surface area contributed by atoms with Crippen molar-refractivity contribution >= 4 is 11.7 Å². The van der Waals surface area contributed by atoms with E-state index >= 15 is 0 Å². The molecular weight excluding hydrogens is 406 g/mol. The van der Waals surface area contributed by atoms with Gasteiger partial charge in [0, 0.05) is 19.3 Å². The Morgan fingerprint density at radius 1 is 1.07 bits per heavy atom. The highest BCUT2D eigenvalue weighted by Crippen LogP contribution is 2.33. The summed E-state index contributed by atoms with van der Waals surface area (Å²) in [5.74, 6) is -0.365. The molecule has 2 heterocycles. The lowest BCUT2D eigenvalue weighted by atomic mass is 10.2. The predicted molar refractivity (Wildman–Crippen MR) is 99.5 cm³/mol. The Labute approximate surface area is 168 Å². The van der Waals surface area contributed by atoms with E-state index in [4.69, 9.17) is 9.15 Å². The van der Waals surface area contributed by atoms with Crippen molar-refractivity contribution in [2.45, 2.75) is 12.8 Å². The second-order valence-electron chi connectivity index (χ2n) is 6.09. The van der Waals surface area contributed by atoms with Crippen LogP contribution in [0.25, 0.3) is 0 Å². The number of carbonyl (C=O) groups is 1. The highest BCUT2D eigenvalue weighted by Gasteiger charge is 2.33. The third kappa shape index (κ3) is 5.72. The van der Waals surface area contributed by atoms with E-state index in [0.29, 0.717) is 11.5 Å². The summed E-state index contributed by atoms with van der Waals surface area (Å²) in [5.41, 5.74) is -0.881. The number of benzene rings is 1. The molecule has 2 N–H and O–H groups in total. The van der Waals surface area contributed by atoms with E-state index in [1.165, 1.54) is 42.6 Å². The molecule has 0 atom stereocenters. The van der Waals surface area contributed by atoms with Gasteiger partial charge in [-0.1, -0.05) is 0 Å². The number of carbonyl (C=O) groups excluding carboxylic acids is 1. The average molecular weight is 423 g/mol. The number of anilines is 1. The molecule has 0 saturated carbocycles. The molecule has 0 saturated heterocycles. The van der Waals surface area contributed by atoms with E-state index in [1.807, 2.05) is 0 Å². The lowest BCUT2D eigenvalue weighted by molar-refractivity contribution is -0.137. The van der Waals surface area contributed by atoms with Crippen molar-refractivity contribution in [2.75, 3.05) is 18.4 Å². The third-order valence-corrected chi connectivity index (χ3v) is 3.90. The maximum atomic E-state index is 12.9. The van der Waals surface area contributed by atoms with Crippen molar-refractivity contribution < 1.29 is 31.5 Å².